The molecule has 0 amide bonds. The molecule has 0 unspecified atom stereocenters. The van der Waals surface area contributed by atoms with Gasteiger partial charge in [-0.1, -0.05) is 28.9 Å². The quantitative estimate of drug-likeness (QED) is 0.390. The minimum absolute atomic E-state index is 0.00119. The first kappa shape index (κ1) is 13.2. The second-order valence-electron chi connectivity index (χ2n) is 3.99. The largest absolute Gasteiger partial charge is 0.457 e. The number of aryl methyl sites for hydroxylation is 1. The van der Waals surface area contributed by atoms with E-state index in [4.69, 9.17) is 27.3 Å². The highest BCUT2D eigenvalue weighted by atomic mass is 35.5. The maximum atomic E-state index is 8.75. The number of amidine groups is 1. The fraction of sp³-hybridized carbons (Fsp3) is 0.0714. The minimum Gasteiger partial charge on any atom is -0.457 e. The van der Waals surface area contributed by atoms with Crippen molar-refractivity contribution in [2.45, 2.75) is 6.92 Å². The molecule has 0 saturated carbocycles. The zero-order valence-corrected chi connectivity index (χ0v) is 11.1. The smallest absolute Gasteiger partial charge is 0.173 e. The molecule has 0 heterocycles. The Labute approximate surface area is 116 Å². The number of para-hydroxylation sites is 1. The molecule has 0 aliphatic heterocycles. The summed E-state index contributed by atoms with van der Waals surface area (Å²) in [4.78, 5) is 0. The number of nitrogens with two attached hydrogens (primary N) is 1. The van der Waals surface area contributed by atoms with Crippen molar-refractivity contribution >= 4 is 17.4 Å². The lowest BCUT2D eigenvalue weighted by Gasteiger charge is -2.11. The molecule has 0 saturated heterocycles. The van der Waals surface area contributed by atoms with Crippen LogP contribution in [0.2, 0.25) is 5.02 Å². The van der Waals surface area contributed by atoms with Crippen LogP contribution in [-0.2, 0) is 0 Å². The van der Waals surface area contributed by atoms with Gasteiger partial charge in [0, 0.05) is 5.02 Å². The highest BCUT2D eigenvalue weighted by molar-refractivity contribution is 6.31. The van der Waals surface area contributed by atoms with Crippen molar-refractivity contribution in [3.63, 3.8) is 0 Å². The Hall–Kier alpha value is -2.20. The topological polar surface area (TPSA) is 67.8 Å². The summed E-state index contributed by atoms with van der Waals surface area (Å²) in [5, 5.41) is 12.4. The molecule has 2 rings (SSSR count). The summed E-state index contributed by atoms with van der Waals surface area (Å²) in [6.07, 6.45) is 0. The summed E-state index contributed by atoms with van der Waals surface area (Å²) in [5.74, 6) is 1.15. The molecule has 4 nitrogen and oxygen atoms in total. The van der Waals surface area contributed by atoms with Crippen LogP contribution in [0.3, 0.4) is 0 Å². The fourth-order valence-corrected chi connectivity index (χ4v) is 1.75. The maximum absolute atomic E-state index is 8.75. The zero-order chi connectivity index (χ0) is 13.8. The Morgan fingerprint density at radius 2 is 2.00 bits per heavy atom. The molecule has 19 heavy (non-hydrogen) atoms. The molecule has 0 aliphatic rings. The minimum atomic E-state index is 0.00119. The van der Waals surface area contributed by atoms with Crippen molar-refractivity contribution in [2.75, 3.05) is 0 Å². The van der Waals surface area contributed by atoms with Gasteiger partial charge in [0.1, 0.15) is 11.5 Å². The van der Waals surface area contributed by atoms with Gasteiger partial charge in [-0.15, -0.1) is 0 Å². The second-order valence-corrected chi connectivity index (χ2v) is 4.40. The molecule has 2 aromatic carbocycles. The Morgan fingerprint density at radius 3 is 2.68 bits per heavy atom. The lowest BCUT2D eigenvalue weighted by Crippen LogP contribution is -2.14. The first-order chi connectivity index (χ1) is 9.11. The van der Waals surface area contributed by atoms with Gasteiger partial charge in [-0.2, -0.15) is 0 Å². The predicted octanol–water partition coefficient (Wildman–Crippen LogP) is 3.54. The van der Waals surface area contributed by atoms with Crippen LogP contribution in [0.25, 0.3) is 0 Å². The average molecular weight is 277 g/mol. The van der Waals surface area contributed by atoms with Gasteiger partial charge < -0.3 is 15.7 Å². The second kappa shape index (κ2) is 5.63. The molecular weight excluding hydrogens is 264 g/mol. The number of ether oxygens (including phenoxy) is 1. The van der Waals surface area contributed by atoms with Crippen LogP contribution >= 0.6 is 11.6 Å². The van der Waals surface area contributed by atoms with Gasteiger partial charge in [-0.25, -0.2) is 0 Å². The van der Waals surface area contributed by atoms with Gasteiger partial charge >= 0.3 is 0 Å². The van der Waals surface area contributed by atoms with Crippen molar-refractivity contribution in [3.05, 3.63) is 58.6 Å². The number of oxime groups is 1. The average Bonchev–Trinajstić information content (AvgIpc) is 2.43. The Kier molecular flexibility index (Phi) is 3.92. The predicted molar refractivity (Wildman–Crippen MR) is 75.2 cm³/mol. The summed E-state index contributed by atoms with van der Waals surface area (Å²) in [7, 11) is 0. The van der Waals surface area contributed by atoms with Gasteiger partial charge in [0.2, 0.25) is 0 Å². The van der Waals surface area contributed by atoms with E-state index in [0.717, 1.165) is 5.56 Å². The highest BCUT2D eigenvalue weighted by Gasteiger charge is 2.09. The molecule has 3 N–H and O–H groups in total. The molecule has 98 valence electrons. The van der Waals surface area contributed by atoms with E-state index < -0.39 is 0 Å². The van der Waals surface area contributed by atoms with Gasteiger partial charge in [-0.3, -0.25) is 0 Å². The van der Waals surface area contributed by atoms with Crippen molar-refractivity contribution < 1.29 is 9.94 Å². The van der Waals surface area contributed by atoms with Gasteiger partial charge in [0.25, 0.3) is 0 Å². The maximum Gasteiger partial charge on any atom is 0.173 e. The number of nitrogens with zero attached hydrogens (tertiary/aromatic N) is 1. The third kappa shape index (κ3) is 2.98. The van der Waals surface area contributed by atoms with Gasteiger partial charge in [0.15, 0.2) is 5.84 Å². The Morgan fingerprint density at radius 1 is 1.26 bits per heavy atom. The van der Waals surface area contributed by atoms with Crippen LogP contribution in [0.15, 0.2) is 47.6 Å². The summed E-state index contributed by atoms with van der Waals surface area (Å²) in [5.41, 5.74) is 7.04. The van der Waals surface area contributed by atoms with Crippen molar-refractivity contribution in [2.24, 2.45) is 10.9 Å². The first-order valence-electron chi connectivity index (χ1n) is 5.62. The van der Waals surface area contributed by atoms with E-state index in [0.29, 0.717) is 22.1 Å². The molecule has 2 aromatic rings. The van der Waals surface area contributed by atoms with E-state index in [-0.39, 0.29) is 5.84 Å². The fourth-order valence-electron chi connectivity index (χ4n) is 1.63. The third-order valence-electron chi connectivity index (χ3n) is 2.63. The molecule has 0 radical (unpaired) electrons. The number of rotatable bonds is 3. The molecule has 0 aromatic heterocycles. The summed E-state index contributed by atoms with van der Waals surface area (Å²) < 4.78 is 5.74. The Balaban J connectivity index is 2.35. The normalized spacial score (nSPS) is 11.4. The van der Waals surface area contributed by atoms with E-state index >= 15 is 0 Å². The molecule has 0 aliphatic carbocycles. The summed E-state index contributed by atoms with van der Waals surface area (Å²) >= 11 is 5.96. The van der Waals surface area contributed by atoms with Crippen LogP contribution in [0.1, 0.15) is 11.1 Å². The van der Waals surface area contributed by atoms with E-state index in [2.05, 4.69) is 5.16 Å². The van der Waals surface area contributed by atoms with E-state index in [9.17, 15) is 0 Å². The van der Waals surface area contributed by atoms with Gasteiger partial charge in [-0.05, 0) is 42.8 Å². The van der Waals surface area contributed by atoms with Crippen LogP contribution in [0, 0.1) is 6.92 Å². The van der Waals surface area contributed by atoms with Gasteiger partial charge in [0.05, 0.1) is 5.56 Å². The first-order valence-corrected chi connectivity index (χ1v) is 6.00. The number of benzene rings is 2. The molecule has 0 fully saturated rings. The number of halogens is 1. The van der Waals surface area contributed by atoms with Crippen LogP contribution < -0.4 is 10.5 Å². The monoisotopic (exact) mass is 276 g/mol. The molecule has 0 atom stereocenters. The van der Waals surface area contributed by atoms with Crippen LogP contribution in [-0.4, -0.2) is 11.0 Å². The molecular formula is C14H13ClN2O2. The van der Waals surface area contributed by atoms with Crippen molar-refractivity contribution in [3.8, 4) is 11.5 Å². The zero-order valence-electron chi connectivity index (χ0n) is 10.3. The summed E-state index contributed by atoms with van der Waals surface area (Å²) in [6, 6.07) is 12.4. The van der Waals surface area contributed by atoms with Crippen LogP contribution in [0.5, 0.6) is 11.5 Å². The van der Waals surface area contributed by atoms with Crippen molar-refractivity contribution in [1.29, 1.82) is 0 Å². The lowest BCUT2D eigenvalue weighted by atomic mass is 10.2. The van der Waals surface area contributed by atoms with E-state index in [1.165, 1.54) is 0 Å². The third-order valence-corrected chi connectivity index (χ3v) is 3.05. The standard InChI is InChI=1S/C14H13ClN2O2/c1-9-8-10(6-7-12(9)15)19-13-5-3-2-4-11(13)14(16)17-18/h2-8,18H,1H3,(H2,16,17). The SMILES string of the molecule is Cc1cc(Oc2ccccc2/C(N)=N/O)ccc1Cl. The highest BCUT2D eigenvalue weighted by Crippen LogP contribution is 2.28. The lowest BCUT2D eigenvalue weighted by molar-refractivity contribution is 0.318. The number of hydrogen-bond donors (Lipinski definition) is 2. The van der Waals surface area contributed by atoms with Crippen LogP contribution in [0.4, 0.5) is 0 Å². The Bertz CT molecular complexity index is 627. The van der Waals surface area contributed by atoms with E-state index in [1.807, 2.05) is 19.1 Å². The number of hydrogen-bond acceptors (Lipinski definition) is 3. The molecule has 0 spiro atoms. The van der Waals surface area contributed by atoms with Crippen molar-refractivity contribution in [1.82, 2.24) is 0 Å². The van der Waals surface area contributed by atoms with E-state index in [1.54, 1.807) is 30.3 Å². The molecule has 5 heteroatoms. The molecule has 0 bridgehead atoms. The summed E-state index contributed by atoms with van der Waals surface area (Å²) in [6.45, 7) is 1.89.